The number of nitrogens with one attached hydrogen (secondary N) is 1. The summed E-state index contributed by atoms with van der Waals surface area (Å²) in [4.78, 5) is 1.49. The van der Waals surface area contributed by atoms with Crippen molar-refractivity contribution in [1.82, 2.24) is 5.32 Å². The highest BCUT2D eigenvalue weighted by atomic mass is 32.1. The fourth-order valence-electron chi connectivity index (χ4n) is 4.16. The normalized spacial score (nSPS) is 24.3. The van der Waals surface area contributed by atoms with E-state index >= 15 is 0 Å². The van der Waals surface area contributed by atoms with Crippen LogP contribution in [0.15, 0.2) is 17.5 Å². The second-order valence-corrected chi connectivity index (χ2v) is 8.99. The summed E-state index contributed by atoms with van der Waals surface area (Å²) in [6.45, 7) is 12.0. The van der Waals surface area contributed by atoms with E-state index in [4.69, 9.17) is 0 Å². The average Bonchev–Trinajstić information content (AvgIpc) is 2.63. The molecule has 1 unspecified atom stereocenters. The Kier molecular flexibility index (Phi) is 4.42. The van der Waals surface area contributed by atoms with Gasteiger partial charge < -0.3 is 5.32 Å². The van der Waals surface area contributed by atoms with Crippen LogP contribution < -0.4 is 5.32 Å². The Hall–Kier alpha value is -0.340. The van der Waals surface area contributed by atoms with Crippen molar-refractivity contribution in [3.05, 3.63) is 22.4 Å². The molecule has 0 bridgehead atoms. The van der Waals surface area contributed by atoms with Gasteiger partial charge in [0.05, 0.1) is 0 Å². The van der Waals surface area contributed by atoms with E-state index in [-0.39, 0.29) is 0 Å². The summed E-state index contributed by atoms with van der Waals surface area (Å²) < 4.78 is 0. The van der Waals surface area contributed by atoms with E-state index in [1.807, 2.05) is 11.3 Å². The minimum absolute atomic E-state index is 0.474. The van der Waals surface area contributed by atoms with E-state index in [9.17, 15) is 0 Å². The molecule has 2 rings (SSSR count). The van der Waals surface area contributed by atoms with E-state index in [1.54, 1.807) is 0 Å². The molecule has 1 aliphatic rings. The molecule has 1 heterocycles. The lowest BCUT2D eigenvalue weighted by Gasteiger charge is -2.46. The van der Waals surface area contributed by atoms with Crippen LogP contribution in [-0.4, -0.2) is 12.1 Å². The first-order valence-electron chi connectivity index (χ1n) is 7.54. The molecule has 1 aromatic heterocycles. The molecule has 1 aliphatic carbocycles. The minimum atomic E-state index is 0.474. The summed E-state index contributed by atoms with van der Waals surface area (Å²) in [6.07, 6.45) is 5.13. The van der Waals surface area contributed by atoms with Crippen LogP contribution in [0.5, 0.6) is 0 Å². The topological polar surface area (TPSA) is 12.0 Å². The monoisotopic (exact) mass is 279 g/mol. The molecular weight excluding hydrogens is 250 g/mol. The molecule has 1 saturated carbocycles. The third-order valence-electron chi connectivity index (χ3n) is 4.16. The van der Waals surface area contributed by atoms with E-state index in [0.29, 0.717) is 22.9 Å². The quantitative estimate of drug-likeness (QED) is 0.829. The maximum Gasteiger partial charge on any atom is 0.00896 e. The van der Waals surface area contributed by atoms with Gasteiger partial charge in [0, 0.05) is 17.0 Å². The summed E-state index contributed by atoms with van der Waals surface area (Å²) in [5, 5.41) is 6.05. The molecule has 2 heteroatoms. The third-order valence-corrected chi connectivity index (χ3v) is 5.06. The van der Waals surface area contributed by atoms with Gasteiger partial charge in [0.15, 0.2) is 0 Å². The molecule has 0 radical (unpaired) electrons. The Bertz CT molecular complexity index is 375. The molecule has 1 N–H and O–H groups in total. The highest BCUT2D eigenvalue weighted by Gasteiger charge is 2.38. The Balaban J connectivity index is 1.91. The van der Waals surface area contributed by atoms with E-state index in [0.717, 1.165) is 6.42 Å². The largest absolute Gasteiger partial charge is 0.311 e. The van der Waals surface area contributed by atoms with Crippen LogP contribution in [0.2, 0.25) is 0 Å². The SMILES string of the molecule is CC(Cc1cccs1)NC1CC(C)(C)CC(C)(C)C1. The molecule has 1 atom stereocenters. The maximum atomic E-state index is 3.88. The van der Waals surface area contributed by atoms with Crippen molar-refractivity contribution >= 4 is 11.3 Å². The van der Waals surface area contributed by atoms with Gasteiger partial charge in [-0.2, -0.15) is 0 Å². The highest BCUT2D eigenvalue weighted by molar-refractivity contribution is 7.09. The predicted molar refractivity (Wildman–Crippen MR) is 85.8 cm³/mol. The Morgan fingerprint density at radius 3 is 2.42 bits per heavy atom. The standard InChI is InChI=1S/C17H29NS/c1-13(9-15-7-6-8-19-15)18-14-10-16(2,3)12-17(4,5)11-14/h6-8,13-14,18H,9-12H2,1-5H3. The number of hydrogen-bond acceptors (Lipinski definition) is 2. The second-order valence-electron chi connectivity index (χ2n) is 7.96. The molecule has 1 aromatic rings. The van der Waals surface area contributed by atoms with Gasteiger partial charge in [-0.1, -0.05) is 33.8 Å². The van der Waals surface area contributed by atoms with Crippen molar-refractivity contribution in [3.8, 4) is 0 Å². The van der Waals surface area contributed by atoms with Crippen LogP contribution in [0, 0.1) is 10.8 Å². The molecule has 19 heavy (non-hydrogen) atoms. The summed E-state index contributed by atoms with van der Waals surface area (Å²) in [5.41, 5.74) is 0.949. The van der Waals surface area contributed by atoms with E-state index in [1.165, 1.54) is 24.1 Å². The van der Waals surface area contributed by atoms with Crippen LogP contribution >= 0.6 is 11.3 Å². The summed E-state index contributed by atoms with van der Waals surface area (Å²) in [6, 6.07) is 5.65. The van der Waals surface area contributed by atoms with Crippen LogP contribution in [0.3, 0.4) is 0 Å². The first-order chi connectivity index (χ1) is 8.76. The van der Waals surface area contributed by atoms with Crippen LogP contribution in [0.4, 0.5) is 0 Å². The molecule has 0 aliphatic heterocycles. The Morgan fingerprint density at radius 2 is 1.89 bits per heavy atom. The molecular formula is C17H29NS. The van der Waals surface area contributed by atoms with Crippen LogP contribution in [-0.2, 0) is 6.42 Å². The fraction of sp³-hybridized carbons (Fsp3) is 0.765. The lowest BCUT2D eigenvalue weighted by atomic mass is 9.63. The zero-order valence-electron chi connectivity index (χ0n) is 13.1. The minimum Gasteiger partial charge on any atom is -0.311 e. The predicted octanol–water partition coefficient (Wildman–Crippen LogP) is 4.87. The molecule has 0 aromatic carbocycles. The lowest BCUT2D eigenvalue weighted by Crippen LogP contribution is -2.47. The Morgan fingerprint density at radius 1 is 1.26 bits per heavy atom. The van der Waals surface area contributed by atoms with Crippen LogP contribution in [0.1, 0.15) is 58.8 Å². The third kappa shape index (κ3) is 4.61. The van der Waals surface area contributed by atoms with Crippen molar-refractivity contribution in [3.63, 3.8) is 0 Å². The smallest absolute Gasteiger partial charge is 0.00896 e. The summed E-state index contributed by atoms with van der Waals surface area (Å²) in [7, 11) is 0. The first kappa shape index (κ1) is 15.1. The second kappa shape index (κ2) is 5.57. The van der Waals surface area contributed by atoms with Gasteiger partial charge in [-0.05, 0) is 54.9 Å². The van der Waals surface area contributed by atoms with Gasteiger partial charge in [-0.15, -0.1) is 11.3 Å². The average molecular weight is 279 g/mol. The van der Waals surface area contributed by atoms with E-state index in [2.05, 4.69) is 57.4 Å². The van der Waals surface area contributed by atoms with Crippen molar-refractivity contribution < 1.29 is 0 Å². The van der Waals surface area contributed by atoms with Gasteiger partial charge in [-0.25, -0.2) is 0 Å². The lowest BCUT2D eigenvalue weighted by molar-refractivity contribution is 0.0812. The van der Waals surface area contributed by atoms with Gasteiger partial charge in [-0.3, -0.25) is 0 Å². The molecule has 1 nitrogen and oxygen atoms in total. The number of thiophene rings is 1. The summed E-state index contributed by atoms with van der Waals surface area (Å²) >= 11 is 1.87. The van der Waals surface area contributed by atoms with Crippen molar-refractivity contribution in [1.29, 1.82) is 0 Å². The zero-order valence-corrected chi connectivity index (χ0v) is 13.9. The highest BCUT2D eigenvalue weighted by Crippen LogP contribution is 2.45. The van der Waals surface area contributed by atoms with Gasteiger partial charge in [0.2, 0.25) is 0 Å². The fourth-order valence-corrected chi connectivity index (χ4v) is 4.99. The molecule has 0 spiro atoms. The van der Waals surface area contributed by atoms with E-state index < -0.39 is 0 Å². The number of rotatable bonds is 4. The molecule has 0 saturated heterocycles. The summed E-state index contributed by atoms with van der Waals surface area (Å²) in [5.74, 6) is 0. The first-order valence-corrected chi connectivity index (χ1v) is 8.42. The molecule has 1 fully saturated rings. The van der Waals surface area contributed by atoms with Gasteiger partial charge in [0.1, 0.15) is 0 Å². The molecule has 108 valence electrons. The Labute approximate surface area is 122 Å². The van der Waals surface area contributed by atoms with Crippen molar-refractivity contribution in [2.24, 2.45) is 10.8 Å². The zero-order chi connectivity index (χ0) is 14.1. The van der Waals surface area contributed by atoms with Gasteiger partial charge >= 0.3 is 0 Å². The maximum absolute atomic E-state index is 3.88. The van der Waals surface area contributed by atoms with Gasteiger partial charge in [0.25, 0.3) is 0 Å². The van der Waals surface area contributed by atoms with Crippen molar-refractivity contribution in [2.75, 3.05) is 0 Å². The van der Waals surface area contributed by atoms with Crippen LogP contribution in [0.25, 0.3) is 0 Å². The van der Waals surface area contributed by atoms with Crippen molar-refractivity contribution in [2.45, 2.75) is 72.4 Å². The molecule has 0 amide bonds. The number of hydrogen-bond donors (Lipinski definition) is 1.